The number of H-pyrrole nitrogens is 5. The van der Waals surface area contributed by atoms with Gasteiger partial charge in [0, 0.05) is 69.7 Å². The second kappa shape index (κ2) is 56.3. The van der Waals surface area contributed by atoms with E-state index in [1.54, 1.807) is 58.4 Å². The Labute approximate surface area is 736 Å². The monoisotopic (exact) mass is 1760 g/mol. The first kappa shape index (κ1) is 113. The molecule has 4 aromatic carbocycles. The van der Waals surface area contributed by atoms with Gasteiger partial charge < -0.3 is 85.0 Å². The van der Waals surface area contributed by atoms with Crippen LogP contribution >= 0.6 is 11.6 Å². The minimum atomic E-state index is -1.35. The molecule has 0 amide bonds. The second-order valence-electron chi connectivity index (χ2n) is 25.3. The van der Waals surface area contributed by atoms with Crippen LogP contribution in [0.1, 0.15) is 143 Å². The Balaban J connectivity index is 0. The fourth-order valence-electron chi connectivity index (χ4n) is 11.1. The fraction of sp³-hybridized carbons (Fsp3) is 0.420. The second-order valence-corrected chi connectivity index (χ2v) is 25.8. The molecule has 0 unspecified atom stereocenters. The van der Waals surface area contributed by atoms with Crippen molar-refractivity contribution in [2.45, 2.75) is 174 Å². The number of nitrogens with zero attached hydrogens (tertiary/aromatic N) is 5. The average molecular weight is 1760 g/mol. The molecule has 5 aromatic heterocycles. The number of esters is 1. The number of rotatable bonds is 29. The molecule has 2 aliphatic rings. The number of hydrogen-bond donors (Lipinski definition) is 13. The van der Waals surface area contributed by atoms with Gasteiger partial charge in [-0.25, -0.2) is 28.8 Å². The Hall–Kier alpha value is -10.5. The maximum absolute atomic E-state index is 12.1. The van der Waals surface area contributed by atoms with Gasteiger partial charge in [0.05, 0.1) is 64.5 Å². The molecule has 7 heterocycles. The molecule has 2 saturated heterocycles. The van der Waals surface area contributed by atoms with Crippen LogP contribution in [0.5, 0.6) is 11.5 Å². The maximum atomic E-state index is 12.1. The largest absolute Gasteiger partial charge is 1.00 e. The number of aldehydes is 2. The van der Waals surface area contributed by atoms with Gasteiger partial charge in [-0.15, -0.1) is 11.6 Å². The van der Waals surface area contributed by atoms with Crippen molar-refractivity contribution in [3.63, 3.8) is 0 Å². The van der Waals surface area contributed by atoms with Crippen molar-refractivity contribution < 1.29 is 124 Å². The van der Waals surface area contributed by atoms with Crippen molar-refractivity contribution >= 4 is 38.6 Å². The van der Waals surface area contributed by atoms with Crippen molar-refractivity contribution in [1.82, 2.24) is 47.8 Å². The van der Waals surface area contributed by atoms with Crippen molar-refractivity contribution in [3.8, 4) is 11.5 Å². The number of methoxy groups -OCH3 is 2. The van der Waals surface area contributed by atoms with Crippen LogP contribution in [0, 0.1) is 0 Å². The van der Waals surface area contributed by atoms with Gasteiger partial charge in [-0.05, 0) is 78.8 Å². The smallest absolute Gasteiger partial charge is 1.00 e. The third-order valence-corrected chi connectivity index (χ3v) is 18.3. The fourth-order valence-corrected chi connectivity index (χ4v) is 11.5. The Bertz CT molecular complexity index is 5090. The Kier molecular flexibility index (Phi) is 51.5. The first-order valence-electron chi connectivity index (χ1n) is 36.2. The third-order valence-electron chi connectivity index (χ3n) is 17.6. The van der Waals surface area contributed by atoms with E-state index >= 15 is 0 Å². The SMILES string of the molecule is C.C.C.C.CC[C@H](C=O)O[C@H](C=O)n1ccc(=O)[nH]c1=O.CC[C@H](CO)O[C@H](CO)n1ccc(=O)[nH]c1=O.CC[C@H](CO)O[C@H](COC(=O)c1ccccc1)n1ccc(=O)[nH]c1=O.CC[C@H]1O[C@@H](n2ccc(=O)[nH]c2=O)[C@H](O)[C@@H]1O.COc1ccc(C(Cl)(c2ccccc2)c2ccc(OC)cc2)cc1.O=c1ccn([C@@H]2O[C@H](CO)[C@@H](O)[C@H]2O)c(=O)[nH]1.[B].[H-].[Na+]. The first-order valence-corrected chi connectivity index (χ1v) is 36.6. The molecule has 669 valence electrons. The minimum Gasteiger partial charge on any atom is -1.00 e. The zero-order valence-corrected chi connectivity index (χ0v) is 68.4. The molecule has 0 aliphatic carbocycles. The van der Waals surface area contributed by atoms with E-state index in [0.29, 0.717) is 43.8 Å². The minimum absolute atomic E-state index is 0. The molecule has 0 bridgehead atoms. The predicted octanol–water partition coefficient (Wildman–Crippen LogP) is -1.05. The number of nitrogens with one attached hydrogen (secondary N) is 5. The zero-order chi connectivity index (χ0) is 86.1. The molecule has 13 N–H and O–H groups in total. The van der Waals surface area contributed by atoms with Crippen LogP contribution in [0.3, 0.4) is 0 Å². The van der Waals surface area contributed by atoms with Crippen molar-refractivity contribution in [2.75, 3.05) is 47.3 Å². The molecular formula is C81H110BClN10NaO29. The van der Waals surface area contributed by atoms with E-state index in [0.717, 1.165) is 93.8 Å². The number of alkyl halides is 1. The van der Waals surface area contributed by atoms with Gasteiger partial charge in [0.2, 0.25) is 0 Å². The Morgan fingerprint density at radius 3 is 1.17 bits per heavy atom. The number of halogens is 1. The summed E-state index contributed by atoms with van der Waals surface area (Å²) in [6, 6.07) is 39.9. The standard InChI is InChI=1S/C21H19ClO2.C17H20N2O6.C10H14N2O5.C10H16N2O5.C10H12N2O5.C9H12N2O6.4CH4.B.Na.H/c1-23-19-12-8-17(9-13-19)21(22,16-6-4-3-5-7-16)18-10-14-20(24-2)15-11-18;1-2-13(10-20)25-15(19-9-8-14(21)18-17(19)23)11-24-16(22)12-6-4-3-5-7-12;1-2-5-7(14)8(15)9(17-5)12-4-3-6(13)11-10(12)16;2*1-2-7(5-13)17-9(6-14)12-4-3-8(15)11-10(12)16;12-3-4-6(14)7(15)8(17-4)11-2-1-5(13)10-9(11)16;;;;;;;/h3-15H,1-2H3;3-9,13,15,20H,2,10-11H2,1H3,(H,18,21,23);3-5,7-9,14-15H,2H2,1H3,(H,11,13,16);3-4,7,9,13-14H,2,5-6H2,1H3,(H,11,15,16);3-7,9H,2H2,1H3,(H,11,15,16);1-2,4,6-8,12,14-15H,3H2,(H,10,13,16);4*1H4;;;/q;;;;;;;;;;;+1;-1/t;13-,15-;5-,7-,8-,9-;2*7-,9-;4-,6-,7-,8-;;;;;;;/m.11111......./s1. The number of aliphatic hydroxyl groups excluding tert-OH is 8. The predicted molar refractivity (Wildman–Crippen MR) is 451 cm³/mol. The first-order chi connectivity index (χ1) is 56.0. The number of aliphatic hydroxyl groups is 8. The molecule has 14 atom stereocenters. The van der Waals surface area contributed by atoms with E-state index in [2.05, 4.69) is 15.0 Å². The van der Waals surface area contributed by atoms with Crippen molar-refractivity contribution in [2.24, 2.45) is 0 Å². The summed E-state index contributed by atoms with van der Waals surface area (Å²) in [6.45, 7) is 5.51. The van der Waals surface area contributed by atoms with E-state index in [4.69, 9.17) is 64.8 Å². The molecule has 3 radical (unpaired) electrons. The van der Waals surface area contributed by atoms with Gasteiger partial charge in [-0.2, -0.15) is 0 Å². The number of aromatic amines is 5. The van der Waals surface area contributed by atoms with E-state index < -0.39 is 166 Å². The number of aromatic nitrogens is 10. The number of benzene rings is 4. The third kappa shape index (κ3) is 31.7. The molecule has 9 aromatic rings. The summed E-state index contributed by atoms with van der Waals surface area (Å²) in [5.41, 5.74) is -2.93. The number of ether oxygens (including phenoxy) is 8. The van der Waals surface area contributed by atoms with Gasteiger partial charge in [-0.3, -0.25) is 76.5 Å². The quantitative estimate of drug-likeness (QED) is 0.00875. The molecule has 2 aliphatic heterocycles. The summed E-state index contributed by atoms with van der Waals surface area (Å²) in [5, 5.41) is 75.0. The molecule has 0 saturated carbocycles. The Morgan fingerprint density at radius 2 is 0.837 bits per heavy atom. The summed E-state index contributed by atoms with van der Waals surface area (Å²) in [6.07, 6.45) is -4.46. The van der Waals surface area contributed by atoms with Gasteiger partial charge in [0.1, 0.15) is 65.9 Å². The number of carbonyl (C=O) groups is 3. The van der Waals surface area contributed by atoms with Crippen molar-refractivity contribution in [3.05, 3.63) is 297 Å². The van der Waals surface area contributed by atoms with Crippen LogP contribution in [-0.2, 0) is 42.9 Å². The summed E-state index contributed by atoms with van der Waals surface area (Å²) >= 11 is 7.22. The summed E-state index contributed by atoms with van der Waals surface area (Å²) in [4.78, 5) is 155. The average Bonchev–Trinajstić information content (AvgIpc) is 1.09. The number of carbonyl (C=O) groups excluding carboxylic acids is 3. The van der Waals surface area contributed by atoms with Crippen LogP contribution in [0.4, 0.5) is 0 Å². The van der Waals surface area contributed by atoms with Crippen LogP contribution in [0.25, 0.3) is 0 Å². The normalized spacial score (nSPS) is 17.9. The van der Waals surface area contributed by atoms with Gasteiger partial charge in [0.15, 0.2) is 37.4 Å². The molecule has 0 spiro atoms. The van der Waals surface area contributed by atoms with E-state index in [-0.39, 0.29) is 88.9 Å². The molecular weight excluding hydrogens is 1650 g/mol. The topological polar surface area (TPSA) is 561 Å². The molecule has 2 fully saturated rings. The summed E-state index contributed by atoms with van der Waals surface area (Å²) < 4.78 is 47.5. The number of hydrogen-bond acceptors (Lipinski definition) is 29. The molecule has 123 heavy (non-hydrogen) atoms. The maximum Gasteiger partial charge on any atom is 1.00 e. The van der Waals surface area contributed by atoms with E-state index in [1.807, 2.05) is 103 Å². The van der Waals surface area contributed by atoms with Gasteiger partial charge in [0.25, 0.3) is 27.8 Å². The zero-order valence-electron chi connectivity index (χ0n) is 66.6. The molecule has 39 nitrogen and oxygen atoms in total. The van der Waals surface area contributed by atoms with E-state index in [9.17, 15) is 87.9 Å². The van der Waals surface area contributed by atoms with Crippen LogP contribution in [-0.4, -0.2) is 218 Å². The van der Waals surface area contributed by atoms with Crippen molar-refractivity contribution in [1.29, 1.82) is 0 Å². The molecule has 42 heteroatoms. The van der Waals surface area contributed by atoms with Crippen LogP contribution in [0.2, 0.25) is 0 Å². The summed E-state index contributed by atoms with van der Waals surface area (Å²) in [5.74, 6) is 1.05. The van der Waals surface area contributed by atoms with Gasteiger partial charge in [-0.1, -0.05) is 130 Å². The van der Waals surface area contributed by atoms with Crippen LogP contribution < -0.4 is 95.3 Å². The Morgan fingerprint density at radius 1 is 0.472 bits per heavy atom. The van der Waals surface area contributed by atoms with Gasteiger partial charge >= 0.3 is 64.0 Å². The van der Waals surface area contributed by atoms with Crippen LogP contribution in [0.15, 0.2) is 218 Å². The molecule has 11 rings (SSSR count). The summed E-state index contributed by atoms with van der Waals surface area (Å²) in [7, 11) is 3.31. The van der Waals surface area contributed by atoms with E-state index in [1.165, 1.54) is 18.6 Å².